The van der Waals surface area contributed by atoms with Gasteiger partial charge in [0.15, 0.2) is 0 Å². The Morgan fingerprint density at radius 3 is 1.77 bits per heavy atom. The molecule has 8 heteroatoms. The van der Waals surface area contributed by atoms with Crippen molar-refractivity contribution < 1.29 is 10.2 Å². The van der Waals surface area contributed by atoms with Crippen molar-refractivity contribution in [3.8, 4) is 0 Å². The predicted octanol–water partition coefficient (Wildman–Crippen LogP) is 3.55. The summed E-state index contributed by atoms with van der Waals surface area (Å²) in [6.45, 7) is 0.468. The van der Waals surface area contributed by atoms with Gasteiger partial charge in [-0.3, -0.25) is 0 Å². The van der Waals surface area contributed by atoms with Crippen LogP contribution < -0.4 is 5.73 Å². The van der Waals surface area contributed by atoms with Crippen LogP contribution in [0.2, 0.25) is 0 Å². The van der Waals surface area contributed by atoms with Crippen LogP contribution in [0.4, 0.5) is 0 Å². The third-order valence-electron chi connectivity index (χ3n) is 3.00. The summed E-state index contributed by atoms with van der Waals surface area (Å²) in [5.41, 5.74) is 13.3. The van der Waals surface area contributed by atoms with Gasteiger partial charge in [-0.15, -0.1) is 23.5 Å². The fraction of sp³-hybridized carbons (Fsp3) is 0.333. The molecule has 140 valence electrons. The number of azide groups is 1. The summed E-state index contributed by atoms with van der Waals surface area (Å²) >= 11 is 3.17. The van der Waals surface area contributed by atoms with E-state index in [1.54, 1.807) is 23.5 Å². The molecule has 0 saturated heterocycles. The summed E-state index contributed by atoms with van der Waals surface area (Å²) in [6, 6.07) is 19.8. The maximum Gasteiger partial charge on any atom is 0.0756 e. The molecule has 6 nitrogen and oxygen atoms in total. The van der Waals surface area contributed by atoms with Crippen LogP contribution >= 0.6 is 23.5 Å². The van der Waals surface area contributed by atoms with Crippen LogP contribution in [-0.4, -0.2) is 47.0 Å². The molecular weight excluding hydrogens is 368 g/mol. The van der Waals surface area contributed by atoms with E-state index in [9.17, 15) is 10.2 Å². The van der Waals surface area contributed by atoms with E-state index in [2.05, 4.69) is 10.0 Å². The van der Waals surface area contributed by atoms with E-state index in [1.807, 2.05) is 60.7 Å². The molecular formula is C18H24N4O2S2. The van der Waals surface area contributed by atoms with Crippen molar-refractivity contribution in [2.45, 2.75) is 22.0 Å². The SMILES string of the molecule is NCC(O)CSc1ccccc1.[N-]=[N+]=NCC(O)CSc1ccccc1. The minimum Gasteiger partial charge on any atom is -0.392 e. The molecule has 2 aromatic rings. The van der Waals surface area contributed by atoms with Crippen molar-refractivity contribution in [3.05, 3.63) is 71.1 Å². The number of aliphatic hydroxyl groups excluding tert-OH is 2. The summed E-state index contributed by atoms with van der Waals surface area (Å²) in [7, 11) is 0. The lowest BCUT2D eigenvalue weighted by atomic mass is 10.4. The number of hydrogen-bond acceptors (Lipinski definition) is 6. The minimum atomic E-state index is -0.573. The molecule has 0 amide bonds. The molecule has 26 heavy (non-hydrogen) atoms. The van der Waals surface area contributed by atoms with Crippen LogP contribution in [0.25, 0.3) is 10.4 Å². The largest absolute Gasteiger partial charge is 0.392 e. The predicted molar refractivity (Wildman–Crippen MR) is 109 cm³/mol. The summed E-state index contributed by atoms with van der Waals surface area (Å²) in [5, 5.41) is 21.8. The van der Waals surface area contributed by atoms with Gasteiger partial charge in [0.2, 0.25) is 0 Å². The minimum absolute atomic E-state index is 0.135. The highest BCUT2D eigenvalue weighted by Gasteiger charge is 2.03. The van der Waals surface area contributed by atoms with Crippen molar-refractivity contribution in [2.75, 3.05) is 24.6 Å². The molecule has 0 aliphatic heterocycles. The number of hydrogen-bond donors (Lipinski definition) is 3. The third-order valence-corrected chi connectivity index (χ3v) is 5.31. The Bertz CT molecular complexity index is 640. The van der Waals surface area contributed by atoms with Crippen LogP contribution in [0.3, 0.4) is 0 Å². The second kappa shape index (κ2) is 14.5. The first kappa shape index (κ1) is 22.4. The Morgan fingerprint density at radius 2 is 1.35 bits per heavy atom. The maximum atomic E-state index is 9.36. The van der Waals surface area contributed by atoms with E-state index in [0.717, 1.165) is 4.90 Å². The normalized spacial score (nSPS) is 12.3. The number of aliphatic hydroxyl groups is 2. The fourth-order valence-corrected chi connectivity index (χ4v) is 3.38. The van der Waals surface area contributed by atoms with Gasteiger partial charge in [-0.2, -0.15) is 0 Å². The molecule has 0 radical (unpaired) electrons. The van der Waals surface area contributed by atoms with Crippen LogP contribution in [0.5, 0.6) is 0 Å². The maximum absolute atomic E-state index is 9.36. The molecule has 0 fully saturated rings. The van der Waals surface area contributed by atoms with Crippen molar-refractivity contribution in [3.63, 3.8) is 0 Å². The highest BCUT2D eigenvalue weighted by molar-refractivity contribution is 7.99. The van der Waals surface area contributed by atoms with Gasteiger partial charge in [0.1, 0.15) is 0 Å². The molecule has 2 aromatic carbocycles. The fourth-order valence-electron chi connectivity index (χ4n) is 1.67. The van der Waals surface area contributed by atoms with Gasteiger partial charge in [0, 0.05) is 32.8 Å². The van der Waals surface area contributed by atoms with Gasteiger partial charge >= 0.3 is 0 Å². The van der Waals surface area contributed by atoms with Crippen LogP contribution in [-0.2, 0) is 0 Å². The molecule has 0 spiro atoms. The first-order chi connectivity index (χ1) is 12.7. The highest BCUT2D eigenvalue weighted by Crippen LogP contribution is 2.18. The molecule has 2 atom stereocenters. The highest BCUT2D eigenvalue weighted by atomic mass is 32.2. The Balaban J connectivity index is 0.000000263. The van der Waals surface area contributed by atoms with Gasteiger partial charge in [-0.1, -0.05) is 41.5 Å². The van der Waals surface area contributed by atoms with Crippen molar-refractivity contribution >= 4 is 23.5 Å². The molecule has 0 saturated carbocycles. The molecule has 0 aliphatic carbocycles. The van der Waals surface area contributed by atoms with Crippen molar-refractivity contribution in [1.82, 2.24) is 0 Å². The average molecular weight is 393 g/mol. The second-order valence-corrected chi connectivity index (χ2v) is 7.39. The molecule has 0 heterocycles. The third kappa shape index (κ3) is 11.0. The van der Waals surface area contributed by atoms with Crippen molar-refractivity contribution in [1.29, 1.82) is 0 Å². The molecule has 2 unspecified atom stereocenters. The Hall–Kier alpha value is -1.67. The van der Waals surface area contributed by atoms with Crippen LogP contribution in [0.1, 0.15) is 0 Å². The number of thioether (sulfide) groups is 2. The monoisotopic (exact) mass is 392 g/mol. The number of benzene rings is 2. The van der Waals surface area contributed by atoms with Gasteiger partial charge in [-0.25, -0.2) is 0 Å². The zero-order chi connectivity index (χ0) is 19.0. The van der Waals surface area contributed by atoms with E-state index >= 15 is 0 Å². The lowest BCUT2D eigenvalue weighted by Crippen LogP contribution is -2.21. The quantitative estimate of drug-likeness (QED) is 0.261. The number of nitrogens with zero attached hydrogens (tertiary/aromatic N) is 3. The Labute approximate surface area is 162 Å². The van der Waals surface area contributed by atoms with E-state index in [1.165, 1.54) is 4.90 Å². The van der Waals surface area contributed by atoms with E-state index < -0.39 is 12.2 Å². The first-order valence-corrected chi connectivity index (χ1v) is 10.1. The van der Waals surface area contributed by atoms with Gasteiger partial charge in [-0.05, 0) is 29.8 Å². The molecule has 2 rings (SSSR count). The summed E-state index contributed by atoms with van der Waals surface area (Å²) in [5.74, 6) is 1.21. The molecule has 0 aliphatic rings. The van der Waals surface area contributed by atoms with Gasteiger partial charge in [0.25, 0.3) is 0 Å². The van der Waals surface area contributed by atoms with E-state index in [0.29, 0.717) is 18.1 Å². The topological polar surface area (TPSA) is 115 Å². The summed E-state index contributed by atoms with van der Waals surface area (Å²) in [4.78, 5) is 4.86. The van der Waals surface area contributed by atoms with Gasteiger partial charge < -0.3 is 15.9 Å². The van der Waals surface area contributed by atoms with Gasteiger partial charge in [0.05, 0.1) is 18.8 Å². The molecule has 0 bridgehead atoms. The first-order valence-electron chi connectivity index (χ1n) is 8.08. The zero-order valence-electron chi connectivity index (χ0n) is 14.4. The standard InChI is InChI=1S/C9H11N3OS.C9H13NOS/c10-12-11-6-8(13)7-14-9-4-2-1-3-5-9;10-6-8(11)7-12-9-4-2-1-3-5-9/h1-5,8,13H,6-7H2;1-5,8,11H,6-7,10H2. The van der Waals surface area contributed by atoms with E-state index in [-0.39, 0.29) is 6.54 Å². The molecule has 4 N–H and O–H groups in total. The lowest BCUT2D eigenvalue weighted by molar-refractivity contribution is 0.207. The Morgan fingerprint density at radius 1 is 0.885 bits per heavy atom. The van der Waals surface area contributed by atoms with Crippen LogP contribution in [0, 0.1) is 0 Å². The van der Waals surface area contributed by atoms with E-state index in [4.69, 9.17) is 11.3 Å². The number of rotatable bonds is 9. The second-order valence-electron chi connectivity index (χ2n) is 5.20. The zero-order valence-corrected chi connectivity index (χ0v) is 16.0. The smallest absolute Gasteiger partial charge is 0.0756 e. The summed E-state index contributed by atoms with van der Waals surface area (Å²) in [6.07, 6.45) is -0.966. The molecule has 0 aromatic heterocycles. The Kier molecular flexibility index (Phi) is 12.5. The van der Waals surface area contributed by atoms with Crippen molar-refractivity contribution in [2.24, 2.45) is 10.8 Å². The van der Waals surface area contributed by atoms with Crippen LogP contribution in [0.15, 0.2) is 75.6 Å². The average Bonchev–Trinajstić information content (AvgIpc) is 2.71. The lowest BCUT2D eigenvalue weighted by Gasteiger charge is -2.06. The summed E-state index contributed by atoms with van der Waals surface area (Å²) < 4.78 is 0. The number of nitrogens with two attached hydrogens (primary N) is 1.